The van der Waals surface area contributed by atoms with Crippen molar-refractivity contribution in [2.45, 2.75) is 19.8 Å². The van der Waals surface area contributed by atoms with E-state index in [1.54, 1.807) is 57.9 Å². The van der Waals surface area contributed by atoms with Gasteiger partial charge in [0.05, 0.1) is 17.6 Å². The summed E-state index contributed by atoms with van der Waals surface area (Å²) in [4.78, 5) is 29.3. The number of hydrogen-bond donors (Lipinski definition) is 2. The molecule has 6 rings (SSSR count). The third-order valence-corrected chi connectivity index (χ3v) is 5.89. The number of nitrogens with one attached hydrogen (secondary N) is 2. The topological polar surface area (TPSA) is 115 Å². The summed E-state index contributed by atoms with van der Waals surface area (Å²) in [7, 11) is 0. The molecule has 1 fully saturated rings. The highest BCUT2D eigenvalue weighted by Gasteiger charge is 2.30. The summed E-state index contributed by atoms with van der Waals surface area (Å²) in [6.07, 6.45) is 3.51. The Morgan fingerprint density at radius 2 is 1.73 bits per heavy atom. The summed E-state index contributed by atoms with van der Waals surface area (Å²) >= 11 is 0. The molecule has 184 valence electrons. The molecule has 0 atom stereocenters. The minimum absolute atomic E-state index is 0.00767. The van der Waals surface area contributed by atoms with E-state index in [4.69, 9.17) is 4.74 Å². The fraction of sp³-hybridized carbons (Fsp3) is 0.148. The molecule has 10 nitrogen and oxygen atoms in total. The molecule has 0 aliphatic heterocycles. The van der Waals surface area contributed by atoms with Gasteiger partial charge in [0.2, 0.25) is 11.8 Å². The first kappa shape index (κ1) is 22.5. The van der Waals surface area contributed by atoms with Crippen molar-refractivity contribution >= 4 is 29.0 Å². The van der Waals surface area contributed by atoms with Gasteiger partial charge in [-0.15, -0.1) is 5.10 Å². The first-order chi connectivity index (χ1) is 18.0. The second kappa shape index (κ2) is 9.23. The van der Waals surface area contributed by atoms with Crippen molar-refractivity contribution in [3.63, 3.8) is 0 Å². The van der Waals surface area contributed by atoms with Crippen molar-refractivity contribution in [2.24, 2.45) is 5.92 Å². The van der Waals surface area contributed by atoms with Gasteiger partial charge in [0.1, 0.15) is 11.4 Å². The molecular formula is C27H23N7O3. The van der Waals surface area contributed by atoms with Crippen LogP contribution in [0.15, 0.2) is 79.0 Å². The van der Waals surface area contributed by atoms with Crippen LogP contribution in [-0.4, -0.2) is 36.2 Å². The second-order valence-electron chi connectivity index (χ2n) is 8.86. The highest BCUT2D eigenvalue weighted by molar-refractivity contribution is 6.03. The van der Waals surface area contributed by atoms with E-state index in [1.165, 1.54) is 0 Å². The Morgan fingerprint density at radius 1 is 0.946 bits per heavy atom. The summed E-state index contributed by atoms with van der Waals surface area (Å²) in [6.45, 7) is 1.85. The van der Waals surface area contributed by atoms with Crippen molar-refractivity contribution in [3.05, 3.63) is 90.4 Å². The van der Waals surface area contributed by atoms with Crippen LogP contribution in [-0.2, 0) is 4.79 Å². The van der Waals surface area contributed by atoms with E-state index in [9.17, 15) is 9.59 Å². The minimum Gasteiger partial charge on any atom is -0.438 e. The molecule has 0 unspecified atom stereocenters. The van der Waals surface area contributed by atoms with Gasteiger partial charge >= 0.3 is 0 Å². The monoisotopic (exact) mass is 493 g/mol. The lowest BCUT2D eigenvalue weighted by Gasteiger charge is -2.09. The summed E-state index contributed by atoms with van der Waals surface area (Å²) in [5, 5.41) is 14.6. The standard InChI is InChI=1S/C27H23N7O3/c1-17-15-22(34(31-17)20-5-3-2-4-6-20)27(36)28-19-9-11-21(12-10-19)37-25-14-13-24-29-23(16-33(24)32-25)30-26(35)18-7-8-18/h2-6,9-16,18H,7-8H2,1H3,(H,28,36)(H,30,35). The van der Waals surface area contributed by atoms with Crippen molar-refractivity contribution in [3.8, 4) is 17.3 Å². The lowest BCUT2D eigenvalue weighted by atomic mass is 10.2. The number of hydrogen-bond acceptors (Lipinski definition) is 6. The number of carbonyl (C=O) groups excluding carboxylic acids is 2. The van der Waals surface area contributed by atoms with Gasteiger partial charge in [0, 0.05) is 17.7 Å². The van der Waals surface area contributed by atoms with Gasteiger partial charge in [-0.3, -0.25) is 9.59 Å². The minimum atomic E-state index is -0.269. The number of ether oxygens (including phenoxy) is 1. The first-order valence-corrected chi connectivity index (χ1v) is 11.9. The van der Waals surface area contributed by atoms with Crippen LogP contribution in [0.1, 0.15) is 29.0 Å². The van der Waals surface area contributed by atoms with E-state index >= 15 is 0 Å². The SMILES string of the molecule is Cc1cc(C(=O)Nc2ccc(Oc3ccc4nc(NC(=O)C5CC5)cn4n3)cc2)n(-c2ccccc2)n1. The smallest absolute Gasteiger partial charge is 0.274 e. The van der Waals surface area contributed by atoms with Gasteiger partial charge in [-0.1, -0.05) is 18.2 Å². The van der Waals surface area contributed by atoms with Crippen molar-refractivity contribution in [1.29, 1.82) is 0 Å². The Hall–Kier alpha value is -4.99. The Kier molecular flexibility index (Phi) is 5.61. The summed E-state index contributed by atoms with van der Waals surface area (Å²) in [6, 6.07) is 21.7. The van der Waals surface area contributed by atoms with E-state index in [0.717, 1.165) is 24.2 Å². The maximum Gasteiger partial charge on any atom is 0.274 e. The number of amides is 2. The molecule has 3 heterocycles. The van der Waals surface area contributed by atoms with Crippen LogP contribution in [0.4, 0.5) is 11.5 Å². The maximum atomic E-state index is 13.0. The van der Waals surface area contributed by atoms with Gasteiger partial charge in [-0.05, 0) is 68.3 Å². The number of para-hydroxylation sites is 1. The van der Waals surface area contributed by atoms with Crippen molar-refractivity contribution in [2.75, 3.05) is 10.6 Å². The van der Waals surface area contributed by atoms with E-state index in [1.807, 2.05) is 37.3 Å². The zero-order chi connectivity index (χ0) is 25.4. The molecular weight excluding hydrogens is 470 g/mol. The van der Waals surface area contributed by atoms with E-state index in [2.05, 4.69) is 25.8 Å². The van der Waals surface area contributed by atoms with E-state index in [-0.39, 0.29) is 17.7 Å². The van der Waals surface area contributed by atoms with Crippen LogP contribution in [0, 0.1) is 12.8 Å². The molecule has 2 N–H and O–H groups in total. The van der Waals surface area contributed by atoms with Gasteiger partial charge in [0.25, 0.3) is 5.91 Å². The van der Waals surface area contributed by atoms with E-state index < -0.39 is 0 Å². The number of benzene rings is 2. The van der Waals surface area contributed by atoms with Crippen molar-refractivity contribution in [1.82, 2.24) is 24.4 Å². The predicted molar refractivity (Wildman–Crippen MR) is 137 cm³/mol. The zero-order valence-electron chi connectivity index (χ0n) is 20.0. The van der Waals surface area contributed by atoms with Crippen molar-refractivity contribution < 1.29 is 14.3 Å². The van der Waals surface area contributed by atoms with Crippen LogP contribution < -0.4 is 15.4 Å². The number of imidazole rings is 1. The molecule has 1 aliphatic carbocycles. The maximum absolute atomic E-state index is 13.0. The molecule has 0 radical (unpaired) electrons. The Bertz CT molecular complexity index is 1600. The molecule has 2 amide bonds. The fourth-order valence-electron chi connectivity index (χ4n) is 3.90. The van der Waals surface area contributed by atoms with Gasteiger partial charge < -0.3 is 15.4 Å². The molecule has 0 bridgehead atoms. The Morgan fingerprint density at radius 3 is 2.49 bits per heavy atom. The number of anilines is 2. The predicted octanol–water partition coefficient (Wildman–Crippen LogP) is 4.62. The fourth-order valence-corrected chi connectivity index (χ4v) is 3.90. The lowest BCUT2D eigenvalue weighted by molar-refractivity contribution is -0.117. The lowest BCUT2D eigenvalue weighted by Crippen LogP contribution is -2.16. The number of aryl methyl sites for hydroxylation is 1. The summed E-state index contributed by atoms with van der Waals surface area (Å²) in [5.74, 6) is 1.20. The molecule has 3 aromatic heterocycles. The zero-order valence-corrected chi connectivity index (χ0v) is 20.0. The normalized spacial score (nSPS) is 12.9. The Balaban J connectivity index is 1.13. The van der Waals surface area contributed by atoms with E-state index in [0.29, 0.717) is 34.5 Å². The molecule has 10 heteroatoms. The van der Waals surface area contributed by atoms with Gasteiger partial charge in [-0.2, -0.15) is 5.10 Å². The third-order valence-electron chi connectivity index (χ3n) is 5.89. The van der Waals surface area contributed by atoms with Crippen LogP contribution in [0.3, 0.4) is 0 Å². The highest BCUT2D eigenvalue weighted by atomic mass is 16.5. The summed E-state index contributed by atoms with van der Waals surface area (Å²) < 4.78 is 9.06. The molecule has 1 saturated carbocycles. The molecule has 1 aliphatic rings. The van der Waals surface area contributed by atoms with Crippen LogP contribution >= 0.6 is 0 Å². The van der Waals surface area contributed by atoms with Gasteiger partial charge in [0.15, 0.2) is 11.5 Å². The number of nitrogens with zero attached hydrogens (tertiary/aromatic N) is 5. The highest BCUT2D eigenvalue weighted by Crippen LogP contribution is 2.30. The molecule has 0 spiro atoms. The van der Waals surface area contributed by atoms with Crippen LogP contribution in [0.5, 0.6) is 11.6 Å². The molecule has 37 heavy (non-hydrogen) atoms. The van der Waals surface area contributed by atoms with Crippen LogP contribution in [0.25, 0.3) is 11.3 Å². The van der Waals surface area contributed by atoms with Gasteiger partial charge in [-0.25, -0.2) is 14.2 Å². The molecule has 2 aromatic carbocycles. The third kappa shape index (κ3) is 4.90. The number of aromatic nitrogens is 5. The second-order valence-corrected chi connectivity index (χ2v) is 8.86. The molecule has 5 aromatic rings. The number of rotatable bonds is 7. The Labute approximate surface area is 211 Å². The number of fused-ring (bicyclic) bond motifs is 1. The largest absolute Gasteiger partial charge is 0.438 e. The average molecular weight is 494 g/mol. The van der Waals surface area contributed by atoms with Crippen LogP contribution in [0.2, 0.25) is 0 Å². The summed E-state index contributed by atoms with van der Waals surface area (Å²) in [5.41, 5.74) is 3.21. The first-order valence-electron chi connectivity index (χ1n) is 11.9. The quantitative estimate of drug-likeness (QED) is 0.342. The average Bonchev–Trinajstić information content (AvgIpc) is 3.57. The molecule has 0 saturated heterocycles. The number of carbonyl (C=O) groups is 2.